The number of benzene rings is 1. The summed E-state index contributed by atoms with van der Waals surface area (Å²) in [6, 6.07) is 2.02. The minimum atomic E-state index is -4.92. The predicted molar refractivity (Wildman–Crippen MR) is 88.4 cm³/mol. The number of nitrogen functional groups attached to an aromatic ring is 1. The second kappa shape index (κ2) is 8.33. The van der Waals surface area contributed by atoms with Gasteiger partial charge >= 0.3 is 18.4 Å². The largest absolute Gasteiger partial charge is 0.573 e. The third-order valence-corrected chi connectivity index (χ3v) is 4.00. The average Bonchev–Trinajstić information content (AvgIpc) is 2.57. The van der Waals surface area contributed by atoms with Crippen molar-refractivity contribution in [1.29, 1.82) is 0 Å². The van der Waals surface area contributed by atoms with Crippen molar-refractivity contribution in [2.24, 2.45) is 0 Å². The zero-order valence-corrected chi connectivity index (χ0v) is 14.6. The summed E-state index contributed by atoms with van der Waals surface area (Å²) in [6.45, 7) is 3.02. The molecule has 0 saturated carbocycles. The summed E-state index contributed by atoms with van der Waals surface area (Å²) < 4.78 is 46.5. The number of nitrogens with two attached hydrogens (primary N) is 1. The first kappa shape index (κ1) is 20.6. The molecule has 2 rings (SSSR count). The first-order valence-corrected chi connectivity index (χ1v) is 8.16. The molecule has 0 aliphatic carbocycles. The topological polar surface area (TPSA) is 105 Å². The highest BCUT2D eigenvalue weighted by atomic mass is 19.4. The quantitative estimate of drug-likeness (QED) is 0.585. The number of piperazine rings is 1. The lowest BCUT2D eigenvalue weighted by molar-refractivity contribution is -0.274. The number of anilines is 1. The van der Waals surface area contributed by atoms with E-state index in [9.17, 15) is 22.8 Å². The molecule has 0 aromatic heterocycles. The van der Waals surface area contributed by atoms with Crippen molar-refractivity contribution in [2.75, 3.05) is 38.5 Å². The zero-order chi connectivity index (χ0) is 20.2. The summed E-state index contributed by atoms with van der Waals surface area (Å²) in [7, 11) is 0. The van der Waals surface area contributed by atoms with Gasteiger partial charge in [-0.05, 0) is 24.6 Å². The third-order valence-electron chi connectivity index (χ3n) is 4.00. The van der Waals surface area contributed by atoms with Crippen LogP contribution in [0, 0.1) is 0 Å². The molecule has 1 fully saturated rings. The van der Waals surface area contributed by atoms with E-state index in [0.29, 0.717) is 13.1 Å². The van der Waals surface area contributed by atoms with Crippen LogP contribution in [0.3, 0.4) is 0 Å². The Morgan fingerprint density at radius 1 is 1.22 bits per heavy atom. The number of esters is 1. The maximum absolute atomic E-state index is 12.6. The van der Waals surface area contributed by atoms with Gasteiger partial charge in [-0.1, -0.05) is 0 Å². The molecule has 150 valence electrons. The molecule has 1 aromatic carbocycles. The van der Waals surface area contributed by atoms with Gasteiger partial charge in [0.05, 0.1) is 17.9 Å². The molecule has 1 heterocycles. The smallest absolute Gasteiger partial charge is 0.465 e. The van der Waals surface area contributed by atoms with Crippen molar-refractivity contribution in [3.05, 3.63) is 23.3 Å². The van der Waals surface area contributed by atoms with Gasteiger partial charge in [-0.25, -0.2) is 9.59 Å². The van der Waals surface area contributed by atoms with Gasteiger partial charge in [-0.3, -0.25) is 4.90 Å². The monoisotopic (exact) mass is 391 g/mol. The standard InChI is InChI=1S/C16H20F3N3O5/c1-2-26-14(23)12-8-11(27-16(17,18)19)7-10(13(12)20)9-21-3-5-22(6-4-21)15(24)25/h7-8H,2-6,9,20H2,1H3,(H,24,25). The predicted octanol–water partition coefficient (Wildman–Crippen LogP) is 2.14. The lowest BCUT2D eigenvalue weighted by Crippen LogP contribution is -2.47. The molecular weight excluding hydrogens is 371 g/mol. The summed E-state index contributed by atoms with van der Waals surface area (Å²) >= 11 is 0. The molecule has 8 nitrogen and oxygen atoms in total. The first-order chi connectivity index (χ1) is 12.6. The van der Waals surface area contributed by atoms with E-state index in [-0.39, 0.29) is 43.1 Å². The van der Waals surface area contributed by atoms with E-state index in [1.165, 1.54) is 4.90 Å². The van der Waals surface area contributed by atoms with Crippen LogP contribution in [0.2, 0.25) is 0 Å². The Kier molecular flexibility index (Phi) is 6.37. The van der Waals surface area contributed by atoms with Gasteiger partial charge in [0, 0.05) is 32.7 Å². The van der Waals surface area contributed by atoms with E-state index < -0.39 is 24.2 Å². The van der Waals surface area contributed by atoms with Gasteiger partial charge in [0.1, 0.15) is 5.75 Å². The van der Waals surface area contributed by atoms with Crippen LogP contribution in [-0.2, 0) is 11.3 Å². The molecule has 0 radical (unpaired) electrons. The Morgan fingerprint density at radius 2 is 1.85 bits per heavy atom. The number of carbonyl (C=O) groups excluding carboxylic acids is 1. The molecule has 1 saturated heterocycles. The van der Waals surface area contributed by atoms with E-state index >= 15 is 0 Å². The highest BCUT2D eigenvalue weighted by Crippen LogP contribution is 2.30. The van der Waals surface area contributed by atoms with Crippen molar-refractivity contribution < 1.29 is 37.3 Å². The van der Waals surface area contributed by atoms with E-state index in [0.717, 1.165) is 12.1 Å². The van der Waals surface area contributed by atoms with Gasteiger partial charge in [-0.2, -0.15) is 0 Å². The summed E-state index contributed by atoms with van der Waals surface area (Å²) in [5, 5.41) is 8.96. The number of ether oxygens (including phenoxy) is 2. The molecule has 1 aliphatic heterocycles. The van der Waals surface area contributed by atoms with Crippen LogP contribution in [0.15, 0.2) is 12.1 Å². The van der Waals surface area contributed by atoms with Crippen molar-refractivity contribution in [1.82, 2.24) is 9.80 Å². The maximum Gasteiger partial charge on any atom is 0.573 e. The Balaban J connectivity index is 2.25. The zero-order valence-electron chi connectivity index (χ0n) is 14.6. The summed E-state index contributed by atoms with van der Waals surface area (Å²) in [6.07, 6.45) is -5.95. The lowest BCUT2D eigenvalue weighted by atomic mass is 10.1. The number of alkyl halides is 3. The minimum Gasteiger partial charge on any atom is -0.465 e. The molecule has 0 atom stereocenters. The second-order valence-electron chi connectivity index (χ2n) is 5.86. The molecule has 0 bridgehead atoms. The molecule has 0 spiro atoms. The number of hydrogen-bond acceptors (Lipinski definition) is 6. The Bertz CT molecular complexity index is 703. The average molecular weight is 391 g/mol. The van der Waals surface area contributed by atoms with E-state index in [4.69, 9.17) is 15.6 Å². The number of amides is 1. The normalized spacial score (nSPS) is 15.5. The summed E-state index contributed by atoms with van der Waals surface area (Å²) in [4.78, 5) is 26.0. The summed E-state index contributed by atoms with van der Waals surface area (Å²) in [5.74, 6) is -1.42. The highest BCUT2D eigenvalue weighted by Gasteiger charge is 2.32. The molecule has 1 aromatic rings. The molecule has 3 N–H and O–H groups in total. The van der Waals surface area contributed by atoms with Crippen LogP contribution in [0.25, 0.3) is 0 Å². The van der Waals surface area contributed by atoms with Crippen LogP contribution < -0.4 is 10.5 Å². The van der Waals surface area contributed by atoms with E-state index in [1.54, 1.807) is 6.92 Å². The van der Waals surface area contributed by atoms with Gasteiger partial charge in [-0.15, -0.1) is 13.2 Å². The first-order valence-electron chi connectivity index (χ1n) is 8.16. The highest BCUT2D eigenvalue weighted by molar-refractivity contribution is 5.96. The second-order valence-corrected chi connectivity index (χ2v) is 5.86. The van der Waals surface area contributed by atoms with E-state index in [1.807, 2.05) is 4.90 Å². The van der Waals surface area contributed by atoms with Crippen LogP contribution in [0.1, 0.15) is 22.8 Å². The lowest BCUT2D eigenvalue weighted by Gasteiger charge is -2.33. The van der Waals surface area contributed by atoms with Gasteiger partial charge in [0.15, 0.2) is 0 Å². The molecule has 1 amide bonds. The van der Waals surface area contributed by atoms with Gasteiger partial charge in [0.25, 0.3) is 0 Å². The summed E-state index contributed by atoms with van der Waals surface area (Å²) in [5.41, 5.74) is 6.03. The Hall–Kier alpha value is -2.69. The van der Waals surface area contributed by atoms with Crippen LogP contribution in [-0.4, -0.2) is 66.1 Å². The number of carboxylic acid groups (broad SMARTS) is 1. The molecular formula is C16H20F3N3O5. The molecule has 27 heavy (non-hydrogen) atoms. The number of rotatable bonds is 5. The van der Waals surface area contributed by atoms with E-state index in [2.05, 4.69) is 4.74 Å². The fourth-order valence-electron chi connectivity index (χ4n) is 2.72. The van der Waals surface area contributed by atoms with Crippen LogP contribution in [0.4, 0.5) is 23.7 Å². The van der Waals surface area contributed by atoms with Crippen molar-refractivity contribution in [2.45, 2.75) is 19.8 Å². The SMILES string of the molecule is CCOC(=O)c1cc(OC(F)(F)F)cc(CN2CCN(C(=O)O)CC2)c1N. The van der Waals surface area contributed by atoms with Crippen molar-refractivity contribution >= 4 is 17.7 Å². The Morgan fingerprint density at radius 3 is 2.37 bits per heavy atom. The molecule has 0 unspecified atom stereocenters. The molecule has 11 heteroatoms. The number of halogens is 3. The van der Waals surface area contributed by atoms with Crippen molar-refractivity contribution in [3.63, 3.8) is 0 Å². The number of hydrogen-bond donors (Lipinski definition) is 2. The van der Waals surface area contributed by atoms with Gasteiger partial charge < -0.3 is 25.2 Å². The minimum absolute atomic E-state index is 0.00337. The fourth-order valence-corrected chi connectivity index (χ4v) is 2.72. The van der Waals surface area contributed by atoms with Gasteiger partial charge in [0.2, 0.25) is 0 Å². The third kappa shape index (κ3) is 5.64. The van der Waals surface area contributed by atoms with Crippen LogP contribution >= 0.6 is 0 Å². The number of carbonyl (C=O) groups is 2. The van der Waals surface area contributed by atoms with Crippen LogP contribution in [0.5, 0.6) is 5.75 Å². The Labute approximate surface area is 153 Å². The fraction of sp³-hybridized carbons (Fsp3) is 0.500. The van der Waals surface area contributed by atoms with Crippen molar-refractivity contribution in [3.8, 4) is 5.75 Å². The molecule has 1 aliphatic rings. The number of nitrogens with zero attached hydrogens (tertiary/aromatic N) is 2. The maximum atomic E-state index is 12.6.